The van der Waals surface area contributed by atoms with Gasteiger partial charge in [0.05, 0.1) is 6.20 Å². The fraction of sp³-hybridized carbons (Fsp3) is 0.500. The topological polar surface area (TPSA) is 45.2 Å². The second kappa shape index (κ2) is 6.43. The van der Waals surface area contributed by atoms with E-state index in [1.807, 2.05) is 12.3 Å². The third-order valence-corrected chi connectivity index (χ3v) is 4.92. The lowest BCUT2D eigenvalue weighted by Gasteiger charge is -2.40. The van der Waals surface area contributed by atoms with Crippen LogP contribution in [0.4, 0.5) is 10.2 Å². The molecule has 2 aliphatic rings. The van der Waals surface area contributed by atoms with Gasteiger partial charge in [-0.2, -0.15) is 0 Å². The van der Waals surface area contributed by atoms with Crippen LogP contribution in [0.3, 0.4) is 0 Å². The molecule has 1 aliphatic heterocycles. The molecule has 3 heterocycles. The zero-order chi connectivity index (χ0) is 16.5. The molecule has 1 saturated carbocycles. The summed E-state index contributed by atoms with van der Waals surface area (Å²) in [7, 11) is 0. The first kappa shape index (κ1) is 15.4. The molecule has 1 atom stereocenters. The Morgan fingerprint density at radius 1 is 1.21 bits per heavy atom. The predicted octanol–water partition coefficient (Wildman–Crippen LogP) is 2.60. The highest BCUT2D eigenvalue weighted by Crippen LogP contribution is 2.38. The van der Waals surface area contributed by atoms with Crippen molar-refractivity contribution in [2.45, 2.75) is 38.3 Å². The summed E-state index contributed by atoms with van der Waals surface area (Å²) < 4.78 is 13.8. The molecule has 1 unspecified atom stereocenters. The van der Waals surface area contributed by atoms with Crippen LogP contribution in [-0.4, -0.2) is 45.5 Å². The van der Waals surface area contributed by atoms with Gasteiger partial charge < -0.3 is 4.90 Å². The van der Waals surface area contributed by atoms with Gasteiger partial charge in [0.25, 0.3) is 0 Å². The number of hydrogen-bond donors (Lipinski definition) is 0. The molecule has 4 rings (SSSR count). The van der Waals surface area contributed by atoms with Crippen LogP contribution in [0.25, 0.3) is 0 Å². The average molecular weight is 327 g/mol. The minimum atomic E-state index is -0.225. The molecule has 2 aromatic rings. The van der Waals surface area contributed by atoms with Gasteiger partial charge in [0.1, 0.15) is 17.5 Å². The van der Waals surface area contributed by atoms with Gasteiger partial charge in [-0.3, -0.25) is 9.88 Å². The van der Waals surface area contributed by atoms with Gasteiger partial charge in [0.15, 0.2) is 0 Å². The van der Waals surface area contributed by atoms with E-state index in [1.54, 1.807) is 12.3 Å². The van der Waals surface area contributed by atoms with E-state index in [4.69, 9.17) is 4.98 Å². The number of pyridine rings is 1. The summed E-state index contributed by atoms with van der Waals surface area (Å²) in [4.78, 5) is 17.6. The maximum atomic E-state index is 13.8. The van der Waals surface area contributed by atoms with Crippen molar-refractivity contribution in [3.8, 4) is 0 Å². The highest BCUT2D eigenvalue weighted by Gasteiger charge is 2.29. The number of anilines is 1. The largest absolute Gasteiger partial charge is 0.354 e. The van der Waals surface area contributed by atoms with E-state index in [0.29, 0.717) is 24.1 Å². The SMILES string of the molecule is CC1CN(c2ccnc(C3CC3)n2)CCN1Cc1ccncc1F. The van der Waals surface area contributed by atoms with Crippen LogP contribution in [0.5, 0.6) is 0 Å². The van der Waals surface area contributed by atoms with E-state index in [1.165, 1.54) is 19.0 Å². The minimum absolute atomic E-state index is 0.225. The molecule has 126 valence electrons. The van der Waals surface area contributed by atoms with Gasteiger partial charge in [-0.05, 0) is 31.9 Å². The number of aromatic nitrogens is 3. The number of hydrogen-bond acceptors (Lipinski definition) is 5. The van der Waals surface area contributed by atoms with Crippen LogP contribution in [0.2, 0.25) is 0 Å². The second-order valence-corrected chi connectivity index (χ2v) is 6.78. The van der Waals surface area contributed by atoms with Crippen LogP contribution in [0.15, 0.2) is 30.7 Å². The maximum Gasteiger partial charge on any atom is 0.145 e. The number of nitrogens with zero attached hydrogens (tertiary/aromatic N) is 5. The molecule has 0 radical (unpaired) electrons. The fourth-order valence-corrected chi connectivity index (χ4v) is 3.27. The lowest BCUT2D eigenvalue weighted by atomic mass is 10.1. The third-order valence-electron chi connectivity index (χ3n) is 4.92. The van der Waals surface area contributed by atoms with Crippen LogP contribution >= 0.6 is 0 Å². The Labute approximate surface area is 141 Å². The highest BCUT2D eigenvalue weighted by molar-refractivity contribution is 5.39. The molecule has 0 amide bonds. The Balaban J connectivity index is 1.42. The average Bonchev–Trinajstić information content (AvgIpc) is 3.44. The molecule has 2 aromatic heterocycles. The lowest BCUT2D eigenvalue weighted by Crippen LogP contribution is -2.51. The summed E-state index contributed by atoms with van der Waals surface area (Å²) in [6.45, 7) is 5.51. The lowest BCUT2D eigenvalue weighted by molar-refractivity contribution is 0.178. The molecule has 0 aromatic carbocycles. The van der Waals surface area contributed by atoms with E-state index < -0.39 is 0 Å². The first-order valence-electron chi connectivity index (χ1n) is 8.61. The van der Waals surface area contributed by atoms with Crippen LogP contribution < -0.4 is 4.90 Å². The van der Waals surface area contributed by atoms with Gasteiger partial charge >= 0.3 is 0 Å². The standard InChI is InChI=1S/C18H22FN5/c1-13-11-24(17-5-7-21-18(22-17)14-2-3-14)9-8-23(13)12-15-4-6-20-10-16(15)19/h4-7,10,13-14H,2-3,8-9,11-12H2,1H3. The summed E-state index contributed by atoms with van der Waals surface area (Å²) in [5, 5.41) is 0. The van der Waals surface area contributed by atoms with E-state index in [2.05, 4.69) is 26.7 Å². The summed E-state index contributed by atoms with van der Waals surface area (Å²) in [5.41, 5.74) is 0.711. The van der Waals surface area contributed by atoms with E-state index in [0.717, 1.165) is 31.3 Å². The zero-order valence-electron chi connectivity index (χ0n) is 13.9. The van der Waals surface area contributed by atoms with E-state index in [9.17, 15) is 4.39 Å². The minimum Gasteiger partial charge on any atom is -0.354 e. The van der Waals surface area contributed by atoms with Gasteiger partial charge in [-0.25, -0.2) is 14.4 Å². The Morgan fingerprint density at radius 3 is 2.83 bits per heavy atom. The second-order valence-electron chi connectivity index (χ2n) is 6.78. The highest BCUT2D eigenvalue weighted by atomic mass is 19.1. The normalized spacial score (nSPS) is 21.9. The van der Waals surface area contributed by atoms with Crippen LogP contribution in [-0.2, 0) is 6.54 Å². The van der Waals surface area contributed by atoms with Crippen molar-refractivity contribution < 1.29 is 4.39 Å². The summed E-state index contributed by atoms with van der Waals surface area (Å²) in [5.74, 6) is 2.35. The number of rotatable bonds is 4. The Bertz CT molecular complexity index is 718. The van der Waals surface area contributed by atoms with Gasteiger partial charge in [-0.1, -0.05) is 0 Å². The molecule has 1 saturated heterocycles. The molecular formula is C18H22FN5. The Hall–Kier alpha value is -2.08. The first-order chi connectivity index (χ1) is 11.7. The molecule has 1 aliphatic carbocycles. The third kappa shape index (κ3) is 3.24. The van der Waals surface area contributed by atoms with Crippen LogP contribution in [0, 0.1) is 5.82 Å². The molecular weight excluding hydrogens is 305 g/mol. The maximum absolute atomic E-state index is 13.8. The molecule has 0 spiro atoms. The Kier molecular flexibility index (Phi) is 4.14. The number of halogens is 1. The van der Waals surface area contributed by atoms with Crippen LogP contribution in [0.1, 0.15) is 37.1 Å². The summed E-state index contributed by atoms with van der Waals surface area (Å²) >= 11 is 0. The van der Waals surface area contributed by atoms with Crippen molar-refractivity contribution in [2.75, 3.05) is 24.5 Å². The molecule has 5 nitrogen and oxygen atoms in total. The van der Waals surface area contributed by atoms with Crippen molar-refractivity contribution in [2.24, 2.45) is 0 Å². The Morgan fingerprint density at radius 2 is 2.08 bits per heavy atom. The van der Waals surface area contributed by atoms with Crippen molar-refractivity contribution >= 4 is 5.82 Å². The van der Waals surface area contributed by atoms with Gasteiger partial charge in [0, 0.05) is 56.1 Å². The van der Waals surface area contributed by atoms with E-state index >= 15 is 0 Å². The summed E-state index contributed by atoms with van der Waals surface area (Å²) in [6, 6.07) is 4.10. The first-order valence-corrected chi connectivity index (χ1v) is 8.61. The fourth-order valence-electron chi connectivity index (χ4n) is 3.27. The van der Waals surface area contributed by atoms with Gasteiger partial charge in [-0.15, -0.1) is 0 Å². The molecule has 0 N–H and O–H groups in total. The summed E-state index contributed by atoms with van der Waals surface area (Å²) in [6.07, 6.45) is 7.24. The van der Waals surface area contributed by atoms with Gasteiger partial charge in [0.2, 0.25) is 0 Å². The van der Waals surface area contributed by atoms with Crippen molar-refractivity contribution in [3.63, 3.8) is 0 Å². The van der Waals surface area contributed by atoms with Crippen molar-refractivity contribution in [1.82, 2.24) is 19.9 Å². The van der Waals surface area contributed by atoms with E-state index in [-0.39, 0.29) is 5.82 Å². The van der Waals surface area contributed by atoms with Crippen molar-refractivity contribution in [3.05, 3.63) is 47.9 Å². The molecule has 24 heavy (non-hydrogen) atoms. The molecule has 0 bridgehead atoms. The number of piperazine rings is 1. The molecule has 6 heteroatoms. The predicted molar refractivity (Wildman–Crippen MR) is 90.3 cm³/mol. The zero-order valence-corrected chi connectivity index (χ0v) is 13.9. The molecule has 2 fully saturated rings. The smallest absolute Gasteiger partial charge is 0.145 e. The monoisotopic (exact) mass is 327 g/mol. The quantitative estimate of drug-likeness (QED) is 0.864. The van der Waals surface area contributed by atoms with Crippen molar-refractivity contribution in [1.29, 1.82) is 0 Å².